The van der Waals surface area contributed by atoms with Gasteiger partial charge in [-0.3, -0.25) is 0 Å². The molecule has 2 fully saturated rings. The number of phenolic OH excluding ortho intramolecular Hbond substituents is 1. The van der Waals surface area contributed by atoms with Gasteiger partial charge in [0.25, 0.3) is 0 Å². The van der Waals surface area contributed by atoms with Gasteiger partial charge >= 0.3 is 17.4 Å². The van der Waals surface area contributed by atoms with Crippen LogP contribution in [0.3, 0.4) is 0 Å². The molecule has 0 bridgehead atoms. The number of ether oxygens (including phenoxy) is 1. The number of phenols is 1. The van der Waals surface area contributed by atoms with Crippen molar-refractivity contribution in [2.75, 3.05) is 13.2 Å². The minimum absolute atomic E-state index is 0. The summed E-state index contributed by atoms with van der Waals surface area (Å²) in [6.45, 7) is 16.3. The van der Waals surface area contributed by atoms with Gasteiger partial charge in [-0.05, 0) is 50.8 Å². The van der Waals surface area contributed by atoms with Gasteiger partial charge in [0, 0.05) is 13.2 Å². The third kappa shape index (κ3) is 6.53. The largest absolute Gasteiger partial charge is 2.00 e. The molecule has 1 N–H and O–H groups in total. The number of rotatable bonds is 3. The maximum atomic E-state index is 9.98. The number of hydrogen-bond donors (Lipinski definition) is 1. The predicted octanol–water partition coefficient (Wildman–Crippen LogP) is 6.78. The Bertz CT molecular complexity index is 529. The van der Waals surface area contributed by atoms with E-state index in [1.807, 2.05) is 18.2 Å². The van der Waals surface area contributed by atoms with E-state index in [9.17, 15) is 5.11 Å². The molecule has 3 rings (SSSR count). The van der Waals surface area contributed by atoms with Gasteiger partial charge < -0.3 is 22.3 Å². The Morgan fingerprint density at radius 1 is 0.926 bits per heavy atom. The van der Waals surface area contributed by atoms with Crippen LogP contribution in [0.4, 0.5) is 5.69 Å². The van der Waals surface area contributed by atoms with E-state index in [4.69, 9.17) is 9.72 Å². The van der Waals surface area contributed by atoms with E-state index in [0.29, 0.717) is 11.3 Å². The second kappa shape index (κ2) is 11.5. The zero-order chi connectivity index (χ0) is 18.6. The Kier molecular flexibility index (Phi) is 11.3. The molecule has 1 aromatic rings. The summed E-state index contributed by atoms with van der Waals surface area (Å²) in [5.41, 5.74) is 1.46. The molecule has 1 aliphatic carbocycles. The maximum absolute atomic E-state index is 9.98. The molecular weight excluding hydrogens is 390 g/mol. The van der Waals surface area contributed by atoms with Gasteiger partial charge in [0.1, 0.15) is 5.75 Å². The Labute approximate surface area is 179 Å². The van der Waals surface area contributed by atoms with Crippen LogP contribution in [0.2, 0.25) is 18.6 Å². The van der Waals surface area contributed by atoms with Gasteiger partial charge in [-0.1, -0.05) is 70.2 Å². The SMILES string of the molecule is C1CCOC1.CC1C(C)C(C)C([Si](C)(C)[N-]c2ccccc2O)C1C.[CH3-].[Cr+2]. The van der Waals surface area contributed by atoms with Crippen molar-refractivity contribution in [3.05, 3.63) is 36.7 Å². The van der Waals surface area contributed by atoms with Crippen LogP contribution >= 0.6 is 0 Å². The normalized spacial score (nSPS) is 29.8. The fourth-order valence-electron chi connectivity index (χ4n) is 4.83. The Hall–Kier alpha value is -0.471. The monoisotopic (exact) mass is 429 g/mol. The molecule has 2 aliphatic rings. The van der Waals surface area contributed by atoms with Crippen molar-refractivity contribution in [2.45, 2.75) is 59.2 Å². The molecule has 4 atom stereocenters. The average molecular weight is 430 g/mol. The van der Waals surface area contributed by atoms with Gasteiger partial charge in [-0.15, -0.1) is 0 Å². The zero-order valence-electron chi connectivity index (χ0n) is 18.2. The summed E-state index contributed by atoms with van der Waals surface area (Å²) in [6.07, 6.45) is 2.56. The summed E-state index contributed by atoms with van der Waals surface area (Å²) in [6, 6.07) is 7.47. The van der Waals surface area contributed by atoms with Crippen molar-refractivity contribution in [1.82, 2.24) is 0 Å². The molecule has 1 aliphatic heterocycles. The van der Waals surface area contributed by atoms with Gasteiger partial charge in [-0.25, -0.2) is 0 Å². The molecule has 5 heteroatoms. The Morgan fingerprint density at radius 2 is 1.41 bits per heavy atom. The first-order valence-electron chi connectivity index (χ1n) is 9.84. The topological polar surface area (TPSA) is 43.6 Å². The first-order chi connectivity index (χ1) is 11.8. The second-order valence-electron chi connectivity index (χ2n) is 8.54. The second-order valence-corrected chi connectivity index (χ2v) is 12.7. The average Bonchev–Trinajstić information content (AvgIpc) is 3.19. The van der Waals surface area contributed by atoms with Crippen LogP contribution in [-0.4, -0.2) is 26.6 Å². The standard InChI is InChI=1S/C17H28NOSi.C4H8O.CH3.Cr/c1-11-12(2)14(4)17(13(11)3)20(5,6)18-15-9-7-8-10-16(15)19;1-2-4-5-3-1;;/h7-14,17,19H,1-6H3;1-4H2;1H3;/q-1;;-1;+2. The molecule has 4 unspecified atom stereocenters. The van der Waals surface area contributed by atoms with Gasteiger partial charge in [0.05, 0.1) is 0 Å². The molecule has 1 heterocycles. The van der Waals surface area contributed by atoms with E-state index in [-0.39, 0.29) is 24.8 Å². The van der Waals surface area contributed by atoms with Crippen LogP contribution in [0.25, 0.3) is 4.98 Å². The third-order valence-electron chi connectivity index (χ3n) is 6.55. The molecule has 0 amide bonds. The number of hydrogen-bond acceptors (Lipinski definition) is 2. The maximum Gasteiger partial charge on any atom is 2.00 e. The summed E-state index contributed by atoms with van der Waals surface area (Å²) in [7, 11) is -1.79. The number of benzene rings is 1. The number of aromatic hydroxyl groups is 1. The van der Waals surface area contributed by atoms with Gasteiger partial charge in [0.2, 0.25) is 0 Å². The van der Waals surface area contributed by atoms with E-state index in [1.165, 1.54) is 12.8 Å². The fourth-order valence-corrected chi connectivity index (χ4v) is 8.97. The number of para-hydroxylation sites is 1. The molecule has 27 heavy (non-hydrogen) atoms. The molecular formula is C22H39CrNO2Si. The number of nitrogens with zero attached hydrogens (tertiary/aromatic N) is 1. The first-order valence-corrected chi connectivity index (χ1v) is 12.9. The summed E-state index contributed by atoms with van der Waals surface area (Å²) in [5.74, 6) is 3.28. The molecule has 3 nitrogen and oxygen atoms in total. The van der Waals surface area contributed by atoms with E-state index in [2.05, 4.69) is 40.8 Å². The quantitative estimate of drug-likeness (QED) is 0.425. The van der Waals surface area contributed by atoms with Gasteiger partial charge in [0.15, 0.2) is 0 Å². The van der Waals surface area contributed by atoms with E-state index < -0.39 is 8.24 Å². The van der Waals surface area contributed by atoms with Crippen molar-refractivity contribution in [1.29, 1.82) is 0 Å². The smallest absolute Gasteiger partial charge is 0.684 e. The fraction of sp³-hybridized carbons (Fsp3) is 0.682. The van der Waals surface area contributed by atoms with Crippen LogP contribution in [0.15, 0.2) is 24.3 Å². The minimum atomic E-state index is -1.79. The van der Waals surface area contributed by atoms with Crippen LogP contribution in [0.5, 0.6) is 5.75 Å². The Morgan fingerprint density at radius 3 is 1.81 bits per heavy atom. The van der Waals surface area contributed by atoms with Crippen molar-refractivity contribution in [3.63, 3.8) is 0 Å². The van der Waals surface area contributed by atoms with Crippen LogP contribution in [-0.2, 0) is 22.1 Å². The zero-order valence-corrected chi connectivity index (χ0v) is 20.5. The van der Waals surface area contributed by atoms with Crippen molar-refractivity contribution >= 4 is 13.9 Å². The molecule has 1 saturated carbocycles. The summed E-state index contributed by atoms with van der Waals surface area (Å²) < 4.78 is 4.94. The molecule has 1 aromatic carbocycles. The molecule has 154 valence electrons. The third-order valence-corrected chi connectivity index (χ3v) is 10.1. The predicted molar refractivity (Wildman–Crippen MR) is 115 cm³/mol. The van der Waals surface area contributed by atoms with Crippen molar-refractivity contribution in [2.24, 2.45) is 23.7 Å². The summed E-state index contributed by atoms with van der Waals surface area (Å²) >= 11 is 0. The molecule has 0 spiro atoms. The van der Waals surface area contributed by atoms with Crippen LogP contribution in [0, 0.1) is 31.1 Å². The van der Waals surface area contributed by atoms with E-state index >= 15 is 0 Å². The molecule has 0 radical (unpaired) electrons. The van der Waals surface area contributed by atoms with E-state index in [1.54, 1.807) is 6.07 Å². The van der Waals surface area contributed by atoms with Crippen LogP contribution < -0.4 is 0 Å². The summed E-state index contributed by atoms with van der Waals surface area (Å²) in [4.78, 5) is 5.03. The molecule has 0 aromatic heterocycles. The minimum Gasteiger partial charge on any atom is -0.684 e. The van der Waals surface area contributed by atoms with E-state index in [0.717, 1.165) is 42.6 Å². The van der Waals surface area contributed by atoms with Gasteiger partial charge in [-0.2, -0.15) is 0 Å². The Balaban J connectivity index is 0.000000839. The van der Waals surface area contributed by atoms with Crippen LogP contribution in [0.1, 0.15) is 40.5 Å². The van der Waals surface area contributed by atoms with Crippen molar-refractivity contribution < 1.29 is 27.2 Å². The summed E-state index contributed by atoms with van der Waals surface area (Å²) in [5, 5.41) is 9.98. The van der Waals surface area contributed by atoms with Crippen molar-refractivity contribution in [3.8, 4) is 5.75 Å². The first kappa shape index (κ1) is 26.5. The molecule has 1 saturated heterocycles.